The molecule has 1 N–H and O–H groups in total. The van der Waals surface area contributed by atoms with Crippen molar-refractivity contribution in [2.75, 3.05) is 46.9 Å². The Labute approximate surface area is 135 Å². The van der Waals surface area contributed by atoms with Gasteiger partial charge < -0.3 is 5.11 Å². The second-order valence-electron chi connectivity index (χ2n) is 3.39. The normalized spacial score (nSPS) is 14.8. The van der Waals surface area contributed by atoms with Crippen LogP contribution in [0.4, 0.5) is 0 Å². The second-order valence-corrected chi connectivity index (χ2v) is 8.56. The molecule has 0 amide bonds. The molecule has 0 radical (unpaired) electrons. The first-order valence-electron chi connectivity index (χ1n) is 5.52. The number of hydrogen-bond acceptors (Lipinski definition) is 7. The zero-order valence-electron chi connectivity index (χ0n) is 9.83. The van der Waals surface area contributed by atoms with Gasteiger partial charge in [0.1, 0.15) is 0 Å². The molecule has 0 saturated carbocycles. The molecule has 0 rings (SSSR count). The van der Waals surface area contributed by atoms with Crippen molar-refractivity contribution in [3.05, 3.63) is 0 Å². The van der Waals surface area contributed by atoms with E-state index >= 15 is 0 Å². The molecule has 0 fully saturated rings. The van der Waals surface area contributed by atoms with Gasteiger partial charge in [-0.25, -0.2) is 0 Å². The van der Waals surface area contributed by atoms with Crippen LogP contribution in [-0.2, 0) is 0 Å². The summed E-state index contributed by atoms with van der Waals surface area (Å²) >= 11 is 18.8. The number of rotatable bonds is 12. The van der Waals surface area contributed by atoms with Gasteiger partial charge in [0, 0.05) is 45.0 Å². The Hall–Kier alpha value is 2.06. The lowest BCUT2D eigenvalue weighted by Crippen LogP contribution is -2.15. The summed E-state index contributed by atoms with van der Waals surface area (Å²) in [6, 6.07) is 0. The van der Waals surface area contributed by atoms with E-state index in [2.05, 4.69) is 37.9 Å². The first-order chi connectivity index (χ1) is 8.24. The van der Waals surface area contributed by atoms with Crippen LogP contribution in [-0.4, -0.2) is 62.5 Å². The third-order valence-electron chi connectivity index (χ3n) is 1.81. The highest BCUT2D eigenvalue weighted by Crippen LogP contribution is 2.21. The van der Waals surface area contributed by atoms with E-state index in [4.69, 9.17) is 5.11 Å². The Kier molecular flexibility index (Phi) is 16.2. The fourth-order valence-electron chi connectivity index (χ4n) is 1.01. The molecule has 0 saturated heterocycles. The Morgan fingerprint density at radius 1 is 1.00 bits per heavy atom. The molecular formula is C10H22OS6. The Morgan fingerprint density at radius 2 is 1.71 bits per heavy atom. The van der Waals surface area contributed by atoms with Crippen molar-refractivity contribution in [2.24, 2.45) is 0 Å². The highest BCUT2D eigenvalue weighted by atomic mass is 32.2. The average Bonchev–Trinajstić information content (AvgIpc) is 2.34. The molecule has 104 valence electrons. The van der Waals surface area contributed by atoms with Gasteiger partial charge in [-0.3, -0.25) is 0 Å². The summed E-state index contributed by atoms with van der Waals surface area (Å²) in [7, 11) is 0. The topological polar surface area (TPSA) is 20.2 Å². The van der Waals surface area contributed by atoms with Gasteiger partial charge in [-0.1, -0.05) is 0 Å². The molecular weight excluding hydrogens is 329 g/mol. The smallest absolute Gasteiger partial charge is 0.0521 e. The van der Waals surface area contributed by atoms with E-state index in [1.54, 1.807) is 11.8 Å². The Morgan fingerprint density at radius 3 is 2.29 bits per heavy atom. The summed E-state index contributed by atoms with van der Waals surface area (Å²) in [6.07, 6.45) is 0. The first kappa shape index (κ1) is 19.1. The molecule has 0 aromatic heterocycles. The molecule has 0 aliphatic heterocycles. The molecule has 0 aliphatic carbocycles. The van der Waals surface area contributed by atoms with Crippen molar-refractivity contribution in [1.82, 2.24) is 0 Å². The van der Waals surface area contributed by atoms with Crippen LogP contribution in [0.2, 0.25) is 0 Å². The van der Waals surface area contributed by atoms with Gasteiger partial charge >= 0.3 is 0 Å². The van der Waals surface area contributed by atoms with E-state index in [0.29, 0.717) is 10.5 Å². The van der Waals surface area contributed by atoms with E-state index < -0.39 is 0 Å². The van der Waals surface area contributed by atoms with Crippen LogP contribution in [0.1, 0.15) is 0 Å². The third-order valence-corrected chi connectivity index (χ3v) is 7.74. The summed E-state index contributed by atoms with van der Waals surface area (Å²) in [5.74, 6) is 7.03. The number of aliphatic hydroxyl groups excluding tert-OH is 1. The fraction of sp³-hybridized carbons (Fsp3) is 1.00. The van der Waals surface area contributed by atoms with Crippen molar-refractivity contribution in [2.45, 2.75) is 10.5 Å². The molecule has 2 unspecified atom stereocenters. The predicted octanol–water partition coefficient (Wildman–Crippen LogP) is 2.70. The van der Waals surface area contributed by atoms with Crippen LogP contribution in [0.15, 0.2) is 0 Å². The van der Waals surface area contributed by atoms with Crippen LogP contribution in [0.5, 0.6) is 0 Å². The maximum atomic E-state index is 8.69. The molecule has 0 spiro atoms. The van der Waals surface area contributed by atoms with E-state index in [0.717, 1.165) is 40.3 Å². The minimum atomic E-state index is 0.262. The van der Waals surface area contributed by atoms with E-state index in [1.807, 2.05) is 23.5 Å². The van der Waals surface area contributed by atoms with Gasteiger partial charge in [0.05, 0.1) is 6.61 Å². The van der Waals surface area contributed by atoms with Crippen molar-refractivity contribution in [1.29, 1.82) is 0 Å². The summed E-state index contributed by atoms with van der Waals surface area (Å²) in [4.78, 5) is 0. The van der Waals surface area contributed by atoms with Crippen LogP contribution in [0, 0.1) is 0 Å². The summed E-state index contributed by atoms with van der Waals surface area (Å²) < 4.78 is 0. The Balaban J connectivity index is 3.52. The predicted molar refractivity (Wildman–Crippen MR) is 98.5 cm³/mol. The maximum absolute atomic E-state index is 8.69. The first-order valence-corrected chi connectivity index (χ1v) is 10.7. The minimum absolute atomic E-state index is 0.262. The zero-order valence-corrected chi connectivity index (χ0v) is 15.0. The quantitative estimate of drug-likeness (QED) is 0.320. The highest BCUT2D eigenvalue weighted by Gasteiger charge is 2.10. The van der Waals surface area contributed by atoms with Gasteiger partial charge in [-0.05, 0) is 5.75 Å². The molecule has 0 heterocycles. The molecule has 17 heavy (non-hydrogen) atoms. The van der Waals surface area contributed by atoms with Gasteiger partial charge in [0.25, 0.3) is 0 Å². The largest absolute Gasteiger partial charge is 0.396 e. The van der Waals surface area contributed by atoms with Crippen LogP contribution < -0.4 is 0 Å². The lowest BCUT2D eigenvalue weighted by molar-refractivity contribution is 0.322. The lowest BCUT2D eigenvalue weighted by Gasteiger charge is -2.16. The molecule has 2 atom stereocenters. The van der Waals surface area contributed by atoms with Gasteiger partial charge in [-0.2, -0.15) is 73.2 Å². The molecule has 0 aliphatic rings. The SMILES string of the molecule is OCCSCC(S)CSC(CS)CSCCS. The number of thiol groups is 3. The van der Waals surface area contributed by atoms with Crippen molar-refractivity contribution < 1.29 is 5.11 Å². The molecule has 1 nitrogen and oxygen atoms in total. The van der Waals surface area contributed by atoms with Crippen molar-refractivity contribution >= 4 is 73.2 Å². The van der Waals surface area contributed by atoms with Gasteiger partial charge in [0.2, 0.25) is 0 Å². The van der Waals surface area contributed by atoms with Crippen LogP contribution in [0.25, 0.3) is 0 Å². The van der Waals surface area contributed by atoms with Crippen molar-refractivity contribution in [3.8, 4) is 0 Å². The van der Waals surface area contributed by atoms with E-state index in [-0.39, 0.29) is 6.61 Å². The molecule has 0 bridgehead atoms. The van der Waals surface area contributed by atoms with Gasteiger partial charge in [0.15, 0.2) is 0 Å². The van der Waals surface area contributed by atoms with E-state index in [1.165, 1.54) is 0 Å². The van der Waals surface area contributed by atoms with E-state index in [9.17, 15) is 0 Å². The summed E-state index contributed by atoms with van der Waals surface area (Å²) in [5, 5.41) is 9.71. The van der Waals surface area contributed by atoms with Crippen LogP contribution in [0.3, 0.4) is 0 Å². The number of aliphatic hydroxyl groups is 1. The number of thioether (sulfide) groups is 3. The summed E-state index contributed by atoms with van der Waals surface area (Å²) in [5.41, 5.74) is 0. The standard InChI is InChI=1S/C10H22OS6/c11-1-3-15-6-9(14)7-17-10(5-13)8-16-4-2-12/h9-14H,1-8H2. The molecule has 0 aromatic rings. The summed E-state index contributed by atoms with van der Waals surface area (Å²) in [6.45, 7) is 0.262. The zero-order chi connectivity index (χ0) is 12.9. The monoisotopic (exact) mass is 350 g/mol. The Bertz CT molecular complexity index is 160. The molecule has 0 aromatic carbocycles. The second kappa shape index (κ2) is 14.5. The molecule has 7 heteroatoms. The average molecular weight is 351 g/mol. The number of hydrogen-bond donors (Lipinski definition) is 4. The fourth-order valence-corrected chi connectivity index (χ4v) is 5.50. The highest BCUT2D eigenvalue weighted by molar-refractivity contribution is 8.04. The maximum Gasteiger partial charge on any atom is 0.0521 e. The van der Waals surface area contributed by atoms with Crippen molar-refractivity contribution in [3.63, 3.8) is 0 Å². The minimum Gasteiger partial charge on any atom is -0.396 e. The van der Waals surface area contributed by atoms with Gasteiger partial charge in [-0.15, -0.1) is 0 Å². The van der Waals surface area contributed by atoms with Crippen LogP contribution >= 0.6 is 73.2 Å². The third kappa shape index (κ3) is 12.8. The lowest BCUT2D eigenvalue weighted by atomic mass is 10.5.